The smallest absolute Gasteiger partial charge is 0.359 e. The van der Waals surface area contributed by atoms with Crippen LogP contribution in [0.15, 0.2) is 54.6 Å². The SMILES string of the molecule is CC(C)(C)OC(=O)CC1CC(CCn2c(-c3ccc(F)cc3)nc(C(=O)OCc3ccccc3)c2C2CC2)OC(C)(C)O1. The molecule has 8 nitrogen and oxygen atoms in total. The number of carbonyl (C=O) groups excluding carboxylic acids is 2. The number of esters is 2. The molecule has 0 N–H and O–H groups in total. The summed E-state index contributed by atoms with van der Waals surface area (Å²) >= 11 is 0. The molecule has 1 aliphatic carbocycles. The van der Waals surface area contributed by atoms with Gasteiger partial charge in [-0.2, -0.15) is 0 Å². The predicted octanol–water partition coefficient (Wildman–Crippen LogP) is 6.96. The minimum absolute atomic E-state index is 0.136. The van der Waals surface area contributed by atoms with Crippen LogP contribution < -0.4 is 0 Å². The van der Waals surface area contributed by atoms with Gasteiger partial charge in [0.15, 0.2) is 11.5 Å². The van der Waals surface area contributed by atoms with E-state index < -0.39 is 17.4 Å². The van der Waals surface area contributed by atoms with Crippen molar-refractivity contribution in [2.45, 2.75) is 109 Å². The average molecular weight is 593 g/mol. The quantitative estimate of drug-likeness (QED) is 0.235. The second-order valence-electron chi connectivity index (χ2n) is 12.9. The van der Waals surface area contributed by atoms with Crippen molar-refractivity contribution in [1.82, 2.24) is 9.55 Å². The Morgan fingerprint density at radius 3 is 2.35 bits per heavy atom. The van der Waals surface area contributed by atoms with E-state index >= 15 is 0 Å². The van der Waals surface area contributed by atoms with Crippen LogP contribution in [-0.2, 0) is 36.9 Å². The summed E-state index contributed by atoms with van der Waals surface area (Å²) < 4.78 is 39.5. The maximum atomic E-state index is 13.8. The summed E-state index contributed by atoms with van der Waals surface area (Å²) in [6, 6.07) is 15.7. The number of hydrogen-bond donors (Lipinski definition) is 0. The van der Waals surface area contributed by atoms with Crippen molar-refractivity contribution in [2.75, 3.05) is 0 Å². The van der Waals surface area contributed by atoms with Crippen LogP contribution in [0.4, 0.5) is 4.39 Å². The fourth-order valence-electron chi connectivity index (χ4n) is 5.59. The first-order chi connectivity index (χ1) is 20.4. The lowest BCUT2D eigenvalue weighted by atomic mass is 10.0. The number of aromatic nitrogens is 2. The maximum absolute atomic E-state index is 13.8. The van der Waals surface area contributed by atoms with Crippen LogP contribution in [0.5, 0.6) is 0 Å². The van der Waals surface area contributed by atoms with Gasteiger partial charge >= 0.3 is 11.9 Å². The number of imidazole rings is 1. The van der Waals surface area contributed by atoms with Crippen molar-refractivity contribution in [1.29, 1.82) is 0 Å². The van der Waals surface area contributed by atoms with E-state index in [1.165, 1.54) is 12.1 Å². The van der Waals surface area contributed by atoms with Gasteiger partial charge in [0.25, 0.3) is 0 Å². The molecule has 5 rings (SSSR count). The molecule has 2 fully saturated rings. The number of carbonyl (C=O) groups is 2. The molecule has 1 aliphatic heterocycles. The predicted molar refractivity (Wildman–Crippen MR) is 159 cm³/mol. The van der Waals surface area contributed by atoms with Crippen LogP contribution in [-0.4, -0.2) is 45.1 Å². The zero-order chi connectivity index (χ0) is 30.8. The molecule has 2 aliphatic rings. The number of ether oxygens (including phenoxy) is 4. The standard InChI is InChI=1S/C34H41FN2O6/c1-33(2,3)43-28(38)20-27-19-26(41-34(4,5)42-27)17-18-37-30(23-11-12-23)29(32(39)40-21-22-9-7-6-8-10-22)36-31(37)24-13-15-25(35)16-14-24/h6-10,13-16,23,26-27H,11-12,17-21H2,1-5H3. The topological polar surface area (TPSA) is 88.9 Å². The van der Waals surface area contributed by atoms with Gasteiger partial charge in [0.1, 0.15) is 23.8 Å². The molecule has 1 aromatic heterocycles. The van der Waals surface area contributed by atoms with E-state index in [1.54, 1.807) is 12.1 Å². The van der Waals surface area contributed by atoms with Crippen LogP contribution in [0.3, 0.4) is 0 Å². The van der Waals surface area contributed by atoms with E-state index in [1.807, 2.05) is 65.0 Å². The van der Waals surface area contributed by atoms with E-state index in [9.17, 15) is 14.0 Å². The van der Waals surface area contributed by atoms with Crippen LogP contribution in [0.2, 0.25) is 0 Å². The highest BCUT2D eigenvalue weighted by molar-refractivity contribution is 5.90. The molecule has 0 spiro atoms. The molecule has 43 heavy (non-hydrogen) atoms. The largest absolute Gasteiger partial charge is 0.460 e. The third-order valence-corrected chi connectivity index (χ3v) is 7.40. The minimum Gasteiger partial charge on any atom is -0.460 e. The van der Waals surface area contributed by atoms with Gasteiger partial charge in [-0.05, 0) is 83.7 Å². The molecule has 3 aromatic rings. The van der Waals surface area contributed by atoms with Crippen molar-refractivity contribution in [3.05, 3.63) is 77.4 Å². The summed E-state index contributed by atoms with van der Waals surface area (Å²) in [5.74, 6) is -1.24. The van der Waals surface area contributed by atoms with Crippen molar-refractivity contribution in [2.24, 2.45) is 0 Å². The molecule has 2 aromatic carbocycles. The Morgan fingerprint density at radius 2 is 1.70 bits per heavy atom. The third kappa shape index (κ3) is 8.30. The summed E-state index contributed by atoms with van der Waals surface area (Å²) in [5.41, 5.74) is 2.17. The third-order valence-electron chi connectivity index (χ3n) is 7.40. The van der Waals surface area contributed by atoms with Gasteiger partial charge in [-0.15, -0.1) is 0 Å². The maximum Gasteiger partial charge on any atom is 0.359 e. The van der Waals surface area contributed by atoms with Gasteiger partial charge in [-0.3, -0.25) is 4.79 Å². The lowest BCUT2D eigenvalue weighted by Gasteiger charge is -2.41. The van der Waals surface area contributed by atoms with Crippen LogP contribution >= 0.6 is 0 Å². The normalized spacial score (nSPS) is 20.0. The lowest BCUT2D eigenvalue weighted by molar-refractivity contribution is -0.301. The zero-order valence-corrected chi connectivity index (χ0v) is 25.6. The van der Waals surface area contributed by atoms with E-state index in [4.69, 9.17) is 23.9 Å². The van der Waals surface area contributed by atoms with E-state index in [2.05, 4.69) is 4.57 Å². The number of rotatable bonds is 10. The molecule has 0 radical (unpaired) electrons. The Morgan fingerprint density at radius 1 is 1.02 bits per heavy atom. The molecule has 230 valence electrons. The highest BCUT2D eigenvalue weighted by atomic mass is 19.1. The zero-order valence-electron chi connectivity index (χ0n) is 25.6. The van der Waals surface area contributed by atoms with E-state index in [-0.39, 0.29) is 42.9 Å². The number of halogens is 1. The van der Waals surface area contributed by atoms with Gasteiger partial charge < -0.3 is 23.5 Å². The van der Waals surface area contributed by atoms with E-state index in [0.717, 1.165) is 24.1 Å². The second kappa shape index (κ2) is 12.6. The Kier molecular flexibility index (Phi) is 9.04. The molecule has 2 atom stereocenters. The first-order valence-corrected chi connectivity index (χ1v) is 15.0. The van der Waals surface area contributed by atoms with Gasteiger partial charge in [0.05, 0.1) is 24.3 Å². The number of hydrogen-bond acceptors (Lipinski definition) is 7. The minimum atomic E-state index is -0.879. The number of benzene rings is 2. The summed E-state index contributed by atoms with van der Waals surface area (Å²) in [5, 5.41) is 0. The van der Waals surface area contributed by atoms with Crippen molar-refractivity contribution in [3.8, 4) is 11.4 Å². The Balaban J connectivity index is 1.39. The fourth-order valence-corrected chi connectivity index (χ4v) is 5.59. The van der Waals surface area contributed by atoms with Crippen molar-refractivity contribution >= 4 is 11.9 Å². The number of nitrogens with zero attached hydrogens (tertiary/aromatic N) is 2. The Labute approximate surface area is 252 Å². The monoisotopic (exact) mass is 592 g/mol. The Bertz CT molecular complexity index is 1420. The van der Waals surface area contributed by atoms with Crippen molar-refractivity contribution in [3.63, 3.8) is 0 Å². The summed E-state index contributed by atoms with van der Waals surface area (Å²) in [4.78, 5) is 30.8. The Hall–Kier alpha value is -3.56. The first-order valence-electron chi connectivity index (χ1n) is 15.0. The van der Waals surface area contributed by atoms with Gasteiger partial charge in [-0.1, -0.05) is 30.3 Å². The molecule has 2 unspecified atom stereocenters. The molecule has 9 heteroatoms. The molecule has 1 saturated carbocycles. The molecule has 1 saturated heterocycles. The molecule has 2 heterocycles. The van der Waals surface area contributed by atoms with Crippen LogP contribution in [0.25, 0.3) is 11.4 Å². The molecule has 0 bridgehead atoms. The second-order valence-corrected chi connectivity index (χ2v) is 12.9. The summed E-state index contributed by atoms with van der Waals surface area (Å²) in [7, 11) is 0. The fraction of sp³-hybridized carbons (Fsp3) is 0.500. The highest BCUT2D eigenvalue weighted by Gasteiger charge is 2.39. The molecular formula is C34H41FN2O6. The van der Waals surface area contributed by atoms with Crippen molar-refractivity contribution < 1.29 is 32.9 Å². The highest BCUT2D eigenvalue weighted by Crippen LogP contribution is 2.44. The summed E-state index contributed by atoms with van der Waals surface area (Å²) in [6.07, 6.45) is 2.60. The van der Waals surface area contributed by atoms with Crippen LogP contribution in [0.1, 0.15) is 94.4 Å². The molecular weight excluding hydrogens is 551 g/mol. The molecule has 0 amide bonds. The average Bonchev–Trinajstić information content (AvgIpc) is 3.69. The van der Waals surface area contributed by atoms with Crippen LogP contribution in [0, 0.1) is 5.82 Å². The van der Waals surface area contributed by atoms with Gasteiger partial charge in [-0.25, -0.2) is 14.2 Å². The lowest BCUT2D eigenvalue weighted by Crippen LogP contribution is -2.46. The van der Waals surface area contributed by atoms with E-state index in [0.29, 0.717) is 36.5 Å². The first kappa shape index (κ1) is 30.9. The summed E-state index contributed by atoms with van der Waals surface area (Å²) in [6.45, 7) is 9.88. The van der Waals surface area contributed by atoms with Gasteiger partial charge in [0.2, 0.25) is 0 Å². The van der Waals surface area contributed by atoms with Gasteiger partial charge in [0, 0.05) is 24.4 Å².